The molecule has 0 atom stereocenters. The molecule has 1 aliphatic rings. The van der Waals surface area contributed by atoms with E-state index in [2.05, 4.69) is 21.6 Å². The predicted molar refractivity (Wildman–Crippen MR) is 83.4 cm³/mol. The maximum atomic E-state index is 5.60. The van der Waals surface area contributed by atoms with Crippen LogP contribution in [0.25, 0.3) is 0 Å². The third-order valence-corrected chi connectivity index (χ3v) is 3.66. The first-order valence-electron chi connectivity index (χ1n) is 6.81. The Labute approximate surface area is 120 Å². The Morgan fingerprint density at radius 1 is 1.50 bits per heavy atom. The van der Waals surface area contributed by atoms with Gasteiger partial charge in [-0.15, -0.1) is 0 Å². The fraction of sp³-hybridized carbons (Fsp3) is 0.467. The Kier molecular flexibility index (Phi) is 4.74. The summed E-state index contributed by atoms with van der Waals surface area (Å²) in [6.45, 7) is 6.39. The normalized spacial score (nSPS) is 15.9. The van der Waals surface area contributed by atoms with Gasteiger partial charge in [0.15, 0.2) is 0 Å². The molecule has 1 fully saturated rings. The number of methoxy groups -OCH3 is 1. The Balaban J connectivity index is 2.24. The van der Waals surface area contributed by atoms with Crippen LogP contribution in [0.1, 0.15) is 12.0 Å². The number of rotatable bonds is 5. The number of benzene rings is 1. The standard InChI is InChI=1S/C15H22N4O/c1-17-14-12(5-4-6-13(14)20-3)15(18-2)19-9-11(10-19)7-8-16/h4-6,11H,1,7-10,16H2,2-3H3. The molecular weight excluding hydrogens is 252 g/mol. The SMILES string of the molecule is C=Nc1c(OC)cccc1C(=NC)N1CC(CCN)C1. The molecule has 0 bridgehead atoms. The molecule has 0 unspecified atom stereocenters. The number of hydrogen-bond acceptors (Lipinski definition) is 4. The fourth-order valence-electron chi connectivity index (χ4n) is 2.62. The van der Waals surface area contributed by atoms with Crippen molar-refractivity contribution in [3.05, 3.63) is 23.8 Å². The van der Waals surface area contributed by atoms with Crippen LogP contribution in [0.4, 0.5) is 5.69 Å². The van der Waals surface area contributed by atoms with Crippen molar-refractivity contribution >= 4 is 18.2 Å². The average molecular weight is 274 g/mol. The maximum Gasteiger partial charge on any atom is 0.145 e. The lowest BCUT2D eigenvalue weighted by atomic mass is 9.95. The van der Waals surface area contributed by atoms with Gasteiger partial charge in [-0.1, -0.05) is 6.07 Å². The lowest BCUT2D eigenvalue weighted by molar-refractivity contribution is 0.180. The number of hydrogen-bond donors (Lipinski definition) is 1. The Morgan fingerprint density at radius 3 is 2.80 bits per heavy atom. The first-order valence-corrected chi connectivity index (χ1v) is 6.81. The van der Waals surface area contributed by atoms with Gasteiger partial charge in [-0.2, -0.15) is 0 Å². The van der Waals surface area contributed by atoms with Gasteiger partial charge in [0.2, 0.25) is 0 Å². The Hall–Kier alpha value is -1.88. The number of ether oxygens (including phenoxy) is 1. The van der Waals surface area contributed by atoms with Crippen molar-refractivity contribution in [3.63, 3.8) is 0 Å². The summed E-state index contributed by atoms with van der Waals surface area (Å²) in [7, 11) is 3.44. The van der Waals surface area contributed by atoms with Crippen molar-refractivity contribution in [2.45, 2.75) is 6.42 Å². The smallest absolute Gasteiger partial charge is 0.145 e. The van der Waals surface area contributed by atoms with Gasteiger partial charge in [-0.25, -0.2) is 0 Å². The molecule has 1 aromatic carbocycles. The summed E-state index contributed by atoms with van der Waals surface area (Å²) in [4.78, 5) is 10.8. The second kappa shape index (κ2) is 6.52. The van der Waals surface area contributed by atoms with E-state index in [9.17, 15) is 0 Å². The largest absolute Gasteiger partial charge is 0.494 e. The second-order valence-electron chi connectivity index (χ2n) is 4.91. The third kappa shape index (κ3) is 2.67. The van der Waals surface area contributed by atoms with Crippen LogP contribution in [0.3, 0.4) is 0 Å². The van der Waals surface area contributed by atoms with E-state index in [-0.39, 0.29) is 0 Å². The van der Waals surface area contributed by atoms with Crippen LogP contribution in [-0.4, -0.2) is 51.2 Å². The fourth-order valence-corrected chi connectivity index (χ4v) is 2.62. The van der Waals surface area contributed by atoms with Crippen molar-refractivity contribution in [2.75, 3.05) is 33.8 Å². The highest BCUT2D eigenvalue weighted by Crippen LogP contribution is 2.33. The monoisotopic (exact) mass is 274 g/mol. The molecule has 0 amide bonds. The van der Waals surface area contributed by atoms with E-state index in [1.807, 2.05) is 18.2 Å². The van der Waals surface area contributed by atoms with Crippen LogP contribution in [0, 0.1) is 5.92 Å². The van der Waals surface area contributed by atoms with E-state index in [1.165, 1.54) is 0 Å². The summed E-state index contributed by atoms with van der Waals surface area (Å²) in [6, 6.07) is 5.84. The van der Waals surface area contributed by atoms with E-state index in [4.69, 9.17) is 10.5 Å². The lowest BCUT2D eigenvalue weighted by Crippen LogP contribution is -2.50. The molecule has 2 rings (SSSR count). The number of aliphatic imine (C=N–C) groups is 2. The van der Waals surface area contributed by atoms with Gasteiger partial charge < -0.3 is 15.4 Å². The van der Waals surface area contributed by atoms with E-state index in [0.717, 1.165) is 48.9 Å². The molecule has 5 nitrogen and oxygen atoms in total. The van der Waals surface area contributed by atoms with E-state index in [1.54, 1.807) is 14.2 Å². The van der Waals surface area contributed by atoms with Crippen molar-refractivity contribution < 1.29 is 4.74 Å². The molecule has 0 radical (unpaired) electrons. The summed E-state index contributed by atoms with van der Waals surface area (Å²) in [5, 5.41) is 0. The van der Waals surface area contributed by atoms with Crippen molar-refractivity contribution in [1.82, 2.24) is 4.90 Å². The average Bonchev–Trinajstić information content (AvgIpc) is 2.44. The highest BCUT2D eigenvalue weighted by atomic mass is 16.5. The highest BCUT2D eigenvalue weighted by molar-refractivity contribution is 6.04. The van der Waals surface area contributed by atoms with Gasteiger partial charge in [0.1, 0.15) is 17.3 Å². The molecule has 2 N–H and O–H groups in total. The summed E-state index contributed by atoms with van der Waals surface area (Å²) in [6.07, 6.45) is 1.07. The van der Waals surface area contributed by atoms with Gasteiger partial charge >= 0.3 is 0 Å². The molecule has 1 saturated heterocycles. The van der Waals surface area contributed by atoms with Crippen LogP contribution in [-0.2, 0) is 0 Å². The minimum atomic E-state index is 0.669. The second-order valence-corrected chi connectivity index (χ2v) is 4.91. The van der Waals surface area contributed by atoms with Gasteiger partial charge in [0.25, 0.3) is 0 Å². The molecule has 0 aromatic heterocycles. The van der Waals surface area contributed by atoms with E-state index < -0.39 is 0 Å². The molecule has 108 valence electrons. The maximum absolute atomic E-state index is 5.60. The van der Waals surface area contributed by atoms with Gasteiger partial charge in [-0.05, 0) is 37.7 Å². The highest BCUT2D eigenvalue weighted by Gasteiger charge is 2.30. The van der Waals surface area contributed by atoms with Crippen LogP contribution in [0.5, 0.6) is 5.75 Å². The number of likely N-dealkylation sites (tertiary alicyclic amines) is 1. The molecule has 1 heterocycles. The molecular formula is C15H22N4O. The van der Waals surface area contributed by atoms with Crippen LogP contribution in [0.15, 0.2) is 28.2 Å². The van der Waals surface area contributed by atoms with E-state index >= 15 is 0 Å². The number of amidine groups is 1. The molecule has 20 heavy (non-hydrogen) atoms. The van der Waals surface area contributed by atoms with Crippen LogP contribution < -0.4 is 10.5 Å². The molecule has 0 aliphatic carbocycles. The zero-order chi connectivity index (χ0) is 14.5. The summed E-state index contributed by atoms with van der Waals surface area (Å²) in [5.74, 6) is 2.33. The van der Waals surface area contributed by atoms with Gasteiger partial charge in [-0.3, -0.25) is 9.98 Å². The van der Waals surface area contributed by atoms with Crippen molar-refractivity contribution in [2.24, 2.45) is 21.6 Å². The van der Waals surface area contributed by atoms with Crippen molar-refractivity contribution in [3.8, 4) is 5.75 Å². The van der Waals surface area contributed by atoms with Gasteiger partial charge in [0, 0.05) is 25.7 Å². The number of para-hydroxylation sites is 1. The lowest BCUT2D eigenvalue weighted by Gasteiger charge is -2.41. The van der Waals surface area contributed by atoms with E-state index in [0.29, 0.717) is 5.92 Å². The van der Waals surface area contributed by atoms with Crippen molar-refractivity contribution in [1.29, 1.82) is 0 Å². The topological polar surface area (TPSA) is 63.2 Å². The minimum absolute atomic E-state index is 0.669. The Bertz CT molecular complexity index is 507. The van der Waals surface area contributed by atoms with Crippen LogP contribution >= 0.6 is 0 Å². The molecule has 0 spiro atoms. The third-order valence-electron chi connectivity index (χ3n) is 3.66. The summed E-state index contributed by atoms with van der Waals surface area (Å²) in [5.41, 5.74) is 7.31. The molecule has 1 aliphatic heterocycles. The zero-order valence-corrected chi connectivity index (χ0v) is 12.2. The Morgan fingerprint density at radius 2 is 2.25 bits per heavy atom. The summed E-state index contributed by atoms with van der Waals surface area (Å²) >= 11 is 0. The number of nitrogens with two attached hydrogens (primary N) is 1. The molecule has 1 aromatic rings. The minimum Gasteiger partial charge on any atom is -0.494 e. The van der Waals surface area contributed by atoms with Gasteiger partial charge in [0.05, 0.1) is 7.11 Å². The molecule has 0 saturated carbocycles. The quantitative estimate of drug-likeness (QED) is 0.656. The first kappa shape index (κ1) is 14.5. The predicted octanol–water partition coefficient (Wildman–Crippen LogP) is 1.68. The molecule has 5 heteroatoms. The number of nitrogens with zero attached hydrogens (tertiary/aromatic N) is 3. The summed E-state index contributed by atoms with van der Waals surface area (Å²) < 4.78 is 5.34. The van der Waals surface area contributed by atoms with Crippen LogP contribution in [0.2, 0.25) is 0 Å². The zero-order valence-electron chi connectivity index (χ0n) is 12.2. The first-order chi connectivity index (χ1) is 9.74.